The summed E-state index contributed by atoms with van der Waals surface area (Å²) in [7, 11) is 0. The molecule has 3 rings (SSSR count). The summed E-state index contributed by atoms with van der Waals surface area (Å²) in [6, 6.07) is 4.49. The fourth-order valence-corrected chi connectivity index (χ4v) is 2.96. The van der Waals surface area contributed by atoms with Crippen molar-refractivity contribution in [2.24, 2.45) is 5.92 Å². The fourth-order valence-electron chi connectivity index (χ4n) is 2.96. The molecule has 5 nitrogen and oxygen atoms in total. The van der Waals surface area contributed by atoms with Crippen LogP contribution >= 0.6 is 0 Å². The molecular weight excluding hydrogens is 283 g/mol. The van der Waals surface area contributed by atoms with Crippen molar-refractivity contribution in [1.29, 1.82) is 0 Å². The van der Waals surface area contributed by atoms with Gasteiger partial charge in [-0.3, -0.25) is 9.48 Å². The van der Waals surface area contributed by atoms with Gasteiger partial charge in [0.05, 0.1) is 6.20 Å². The first-order valence-corrected chi connectivity index (χ1v) is 7.52. The molecule has 1 amide bonds. The molecule has 1 aliphatic rings. The summed E-state index contributed by atoms with van der Waals surface area (Å²) in [5.74, 6) is 0.0613. The van der Waals surface area contributed by atoms with Crippen LogP contribution in [0.15, 0.2) is 30.6 Å². The topological polar surface area (TPSA) is 51.0 Å². The number of hydrogen-bond donors (Lipinski definition) is 0. The first-order chi connectivity index (χ1) is 10.6. The van der Waals surface area contributed by atoms with Crippen molar-refractivity contribution in [1.82, 2.24) is 19.9 Å². The van der Waals surface area contributed by atoms with Crippen LogP contribution in [0.4, 0.5) is 4.39 Å². The molecule has 2 aromatic rings. The van der Waals surface area contributed by atoms with Crippen molar-refractivity contribution < 1.29 is 9.18 Å². The van der Waals surface area contributed by atoms with E-state index in [1.165, 1.54) is 12.1 Å². The van der Waals surface area contributed by atoms with E-state index < -0.39 is 0 Å². The standard InChI is InChI=1S/C16H19FN4O/c1-12-8-14(10-15(17)9-12)16(22)20-5-2-13(3-6-20)11-21-7-4-18-19-21/h4,7-10,13H,2-3,5-6,11H2,1H3. The average molecular weight is 302 g/mol. The molecule has 0 unspecified atom stereocenters. The number of nitrogens with zero attached hydrogens (tertiary/aromatic N) is 4. The number of likely N-dealkylation sites (tertiary alicyclic amines) is 1. The van der Waals surface area contributed by atoms with E-state index in [1.54, 1.807) is 19.2 Å². The summed E-state index contributed by atoms with van der Waals surface area (Å²) in [4.78, 5) is 14.3. The van der Waals surface area contributed by atoms with Gasteiger partial charge in [0.15, 0.2) is 0 Å². The van der Waals surface area contributed by atoms with E-state index in [-0.39, 0.29) is 11.7 Å². The second-order valence-electron chi connectivity index (χ2n) is 5.88. The zero-order valence-corrected chi connectivity index (χ0v) is 12.6. The van der Waals surface area contributed by atoms with Crippen LogP contribution in [0.2, 0.25) is 0 Å². The van der Waals surface area contributed by atoms with Gasteiger partial charge in [0, 0.05) is 31.4 Å². The molecule has 0 N–H and O–H groups in total. The van der Waals surface area contributed by atoms with Crippen molar-refractivity contribution in [3.63, 3.8) is 0 Å². The van der Waals surface area contributed by atoms with E-state index >= 15 is 0 Å². The third kappa shape index (κ3) is 3.32. The summed E-state index contributed by atoms with van der Waals surface area (Å²) in [6.07, 6.45) is 5.39. The van der Waals surface area contributed by atoms with Crippen molar-refractivity contribution in [3.05, 3.63) is 47.5 Å². The Hall–Kier alpha value is -2.24. The molecule has 1 fully saturated rings. The highest BCUT2D eigenvalue weighted by molar-refractivity contribution is 5.94. The van der Waals surface area contributed by atoms with Crippen molar-refractivity contribution >= 4 is 5.91 Å². The molecule has 0 aliphatic carbocycles. The van der Waals surface area contributed by atoms with Gasteiger partial charge in [-0.15, -0.1) is 5.10 Å². The highest BCUT2D eigenvalue weighted by atomic mass is 19.1. The summed E-state index contributed by atoms with van der Waals surface area (Å²) in [5.41, 5.74) is 1.21. The molecule has 1 aliphatic heterocycles. The van der Waals surface area contributed by atoms with Crippen molar-refractivity contribution in [3.8, 4) is 0 Å². The zero-order chi connectivity index (χ0) is 15.5. The lowest BCUT2D eigenvalue weighted by Crippen LogP contribution is -2.39. The van der Waals surface area contributed by atoms with E-state index in [2.05, 4.69) is 10.3 Å². The number of benzene rings is 1. The molecular formula is C16H19FN4O. The van der Waals surface area contributed by atoms with Crippen LogP contribution in [-0.2, 0) is 6.54 Å². The molecule has 2 heterocycles. The minimum Gasteiger partial charge on any atom is -0.339 e. The molecule has 1 saturated heterocycles. The number of rotatable bonds is 3. The first-order valence-electron chi connectivity index (χ1n) is 7.52. The molecule has 0 radical (unpaired) electrons. The lowest BCUT2D eigenvalue weighted by atomic mass is 9.96. The monoisotopic (exact) mass is 302 g/mol. The molecule has 22 heavy (non-hydrogen) atoms. The van der Waals surface area contributed by atoms with Crippen molar-refractivity contribution in [2.45, 2.75) is 26.3 Å². The molecule has 0 spiro atoms. The predicted molar refractivity (Wildman–Crippen MR) is 79.8 cm³/mol. The molecule has 0 saturated carbocycles. The second kappa shape index (κ2) is 6.25. The molecule has 116 valence electrons. The summed E-state index contributed by atoms with van der Waals surface area (Å²) < 4.78 is 15.3. The maximum atomic E-state index is 13.4. The van der Waals surface area contributed by atoms with E-state index in [4.69, 9.17) is 0 Å². The highest BCUT2D eigenvalue weighted by Crippen LogP contribution is 2.21. The van der Waals surface area contributed by atoms with E-state index in [0.717, 1.165) is 24.9 Å². The van der Waals surface area contributed by atoms with Gasteiger partial charge in [0.1, 0.15) is 5.82 Å². The normalized spacial score (nSPS) is 16.0. The quantitative estimate of drug-likeness (QED) is 0.874. The van der Waals surface area contributed by atoms with Crippen LogP contribution in [0, 0.1) is 18.7 Å². The Balaban J connectivity index is 1.59. The van der Waals surface area contributed by atoms with Crippen LogP contribution in [0.1, 0.15) is 28.8 Å². The summed E-state index contributed by atoms with van der Waals surface area (Å²) in [6.45, 7) is 4.03. The highest BCUT2D eigenvalue weighted by Gasteiger charge is 2.24. The van der Waals surface area contributed by atoms with E-state index in [0.29, 0.717) is 24.6 Å². The fraction of sp³-hybridized carbons (Fsp3) is 0.438. The van der Waals surface area contributed by atoms with Gasteiger partial charge >= 0.3 is 0 Å². The lowest BCUT2D eigenvalue weighted by molar-refractivity contribution is 0.0680. The molecule has 1 aromatic carbocycles. The molecule has 1 aromatic heterocycles. The Morgan fingerprint density at radius 1 is 1.32 bits per heavy atom. The van der Waals surface area contributed by atoms with Crippen LogP contribution < -0.4 is 0 Å². The largest absolute Gasteiger partial charge is 0.339 e. The Morgan fingerprint density at radius 2 is 2.09 bits per heavy atom. The number of carbonyl (C=O) groups is 1. The average Bonchev–Trinajstić information content (AvgIpc) is 2.99. The zero-order valence-electron chi connectivity index (χ0n) is 12.6. The van der Waals surface area contributed by atoms with E-state index in [9.17, 15) is 9.18 Å². The lowest BCUT2D eigenvalue weighted by Gasteiger charge is -2.32. The van der Waals surface area contributed by atoms with E-state index in [1.807, 2.05) is 15.8 Å². The van der Waals surface area contributed by atoms with Gasteiger partial charge in [-0.1, -0.05) is 5.21 Å². The molecule has 6 heteroatoms. The molecule has 0 atom stereocenters. The van der Waals surface area contributed by atoms with Crippen LogP contribution in [-0.4, -0.2) is 38.9 Å². The third-order valence-electron chi connectivity index (χ3n) is 4.11. The van der Waals surface area contributed by atoms with Gasteiger partial charge in [-0.2, -0.15) is 0 Å². The number of halogens is 1. The van der Waals surface area contributed by atoms with Gasteiger partial charge < -0.3 is 4.90 Å². The maximum Gasteiger partial charge on any atom is 0.253 e. The summed E-state index contributed by atoms with van der Waals surface area (Å²) >= 11 is 0. The third-order valence-corrected chi connectivity index (χ3v) is 4.11. The van der Waals surface area contributed by atoms with Crippen molar-refractivity contribution in [2.75, 3.05) is 13.1 Å². The minimum atomic E-state index is -0.357. The Labute approximate surface area is 128 Å². The Kier molecular flexibility index (Phi) is 4.18. The van der Waals surface area contributed by atoms with Gasteiger partial charge in [-0.25, -0.2) is 4.39 Å². The number of aromatic nitrogens is 3. The summed E-state index contributed by atoms with van der Waals surface area (Å²) in [5, 5.41) is 7.78. The number of carbonyl (C=O) groups excluding carboxylic acids is 1. The number of aryl methyl sites for hydroxylation is 1. The second-order valence-corrected chi connectivity index (χ2v) is 5.88. The smallest absolute Gasteiger partial charge is 0.253 e. The number of hydrogen-bond acceptors (Lipinski definition) is 3. The minimum absolute atomic E-state index is 0.0817. The predicted octanol–water partition coefficient (Wildman–Crippen LogP) is 2.28. The first kappa shape index (κ1) is 14.7. The molecule has 0 bridgehead atoms. The number of piperidine rings is 1. The SMILES string of the molecule is Cc1cc(F)cc(C(=O)N2CCC(Cn3ccnn3)CC2)c1. The van der Waals surface area contributed by atoms with Gasteiger partial charge in [0.25, 0.3) is 5.91 Å². The Bertz CT molecular complexity index is 628. The van der Waals surface area contributed by atoms with Crippen LogP contribution in [0.25, 0.3) is 0 Å². The van der Waals surface area contributed by atoms with Crippen LogP contribution in [0.5, 0.6) is 0 Å². The van der Waals surface area contributed by atoms with Gasteiger partial charge in [0.2, 0.25) is 0 Å². The maximum absolute atomic E-state index is 13.4. The van der Waals surface area contributed by atoms with Crippen LogP contribution in [0.3, 0.4) is 0 Å². The van der Waals surface area contributed by atoms with Gasteiger partial charge in [-0.05, 0) is 49.4 Å². The number of amides is 1. The Morgan fingerprint density at radius 3 is 2.73 bits per heavy atom.